The maximum absolute atomic E-state index is 9.97. The SMILES string of the molecule is COC(=O)CNO. The number of carbonyl (C=O) groups is 1. The third-order valence-electron chi connectivity index (χ3n) is 0.451. The molecule has 0 saturated heterocycles. The lowest BCUT2D eigenvalue weighted by molar-refractivity contribution is -0.141. The number of ether oxygens (including phenoxy) is 1. The van der Waals surface area contributed by atoms with Crippen LogP contribution in [0.15, 0.2) is 0 Å². The summed E-state index contributed by atoms with van der Waals surface area (Å²) < 4.78 is 4.13. The van der Waals surface area contributed by atoms with Crippen molar-refractivity contribution < 1.29 is 14.7 Å². The van der Waals surface area contributed by atoms with E-state index in [2.05, 4.69) is 4.74 Å². The zero-order chi connectivity index (χ0) is 5.70. The molecule has 0 aromatic heterocycles. The lowest BCUT2D eigenvalue weighted by Gasteiger charge is -1.92. The third-order valence-corrected chi connectivity index (χ3v) is 0.451. The lowest BCUT2D eigenvalue weighted by Crippen LogP contribution is -2.19. The molecule has 0 heterocycles. The molecular weight excluding hydrogens is 98.0 g/mol. The minimum Gasteiger partial charge on any atom is -0.468 e. The highest BCUT2D eigenvalue weighted by Crippen LogP contribution is 1.64. The zero-order valence-electron chi connectivity index (χ0n) is 3.97. The van der Waals surface area contributed by atoms with E-state index < -0.39 is 5.97 Å². The molecule has 7 heavy (non-hydrogen) atoms. The molecule has 0 aromatic rings. The average Bonchev–Trinajstić information content (AvgIpc) is 1.68. The van der Waals surface area contributed by atoms with Crippen LogP contribution in [0.5, 0.6) is 0 Å². The van der Waals surface area contributed by atoms with Crippen molar-refractivity contribution in [1.82, 2.24) is 5.48 Å². The highest BCUT2D eigenvalue weighted by molar-refractivity contribution is 5.71. The molecule has 2 N–H and O–H groups in total. The standard InChI is InChI=1S/C3H7NO3/c1-7-3(5)2-4-6/h4,6H,2H2,1H3. The Morgan fingerprint density at radius 2 is 2.57 bits per heavy atom. The van der Waals surface area contributed by atoms with Gasteiger partial charge in [0.25, 0.3) is 0 Å². The Labute approximate surface area is 41.0 Å². The summed E-state index contributed by atoms with van der Waals surface area (Å²) in [7, 11) is 1.25. The smallest absolute Gasteiger partial charge is 0.322 e. The summed E-state index contributed by atoms with van der Waals surface area (Å²) in [5.74, 6) is -0.484. The van der Waals surface area contributed by atoms with E-state index in [4.69, 9.17) is 5.21 Å². The minimum atomic E-state index is -0.484. The van der Waals surface area contributed by atoms with E-state index >= 15 is 0 Å². The van der Waals surface area contributed by atoms with Gasteiger partial charge in [-0.05, 0) is 0 Å². The van der Waals surface area contributed by atoms with E-state index in [0.717, 1.165) is 0 Å². The van der Waals surface area contributed by atoms with Crippen molar-refractivity contribution >= 4 is 5.97 Å². The molecule has 0 fully saturated rings. The van der Waals surface area contributed by atoms with Crippen LogP contribution in [0.25, 0.3) is 0 Å². The monoisotopic (exact) mass is 105 g/mol. The number of nitrogens with one attached hydrogen (secondary N) is 1. The van der Waals surface area contributed by atoms with E-state index in [1.54, 1.807) is 5.48 Å². The molecular formula is C3H7NO3. The van der Waals surface area contributed by atoms with Gasteiger partial charge in [0.1, 0.15) is 6.54 Å². The summed E-state index contributed by atoms with van der Waals surface area (Å²) in [6.07, 6.45) is 0. The van der Waals surface area contributed by atoms with E-state index in [1.165, 1.54) is 7.11 Å². The Hall–Kier alpha value is -0.610. The van der Waals surface area contributed by atoms with Crippen LogP contribution in [-0.2, 0) is 9.53 Å². The number of methoxy groups -OCH3 is 1. The van der Waals surface area contributed by atoms with Crippen molar-refractivity contribution in [3.63, 3.8) is 0 Å². The normalized spacial score (nSPS) is 8.29. The van der Waals surface area contributed by atoms with Crippen LogP contribution in [-0.4, -0.2) is 24.8 Å². The Kier molecular flexibility index (Phi) is 3.26. The van der Waals surface area contributed by atoms with Crippen LogP contribution < -0.4 is 5.48 Å². The maximum atomic E-state index is 9.97. The molecule has 0 radical (unpaired) electrons. The van der Waals surface area contributed by atoms with Gasteiger partial charge in [0, 0.05) is 0 Å². The molecule has 0 aliphatic carbocycles. The van der Waals surface area contributed by atoms with Crippen molar-refractivity contribution in [2.45, 2.75) is 0 Å². The fourth-order valence-electron chi connectivity index (χ4n) is 0.137. The third kappa shape index (κ3) is 3.21. The molecule has 0 rings (SSSR count). The largest absolute Gasteiger partial charge is 0.468 e. The number of hydrogen-bond donors (Lipinski definition) is 2. The second kappa shape index (κ2) is 3.58. The number of hydrogen-bond acceptors (Lipinski definition) is 4. The molecule has 0 aromatic carbocycles. The maximum Gasteiger partial charge on any atom is 0.322 e. The highest BCUT2D eigenvalue weighted by atomic mass is 16.5. The van der Waals surface area contributed by atoms with E-state index in [1.807, 2.05) is 0 Å². The van der Waals surface area contributed by atoms with Gasteiger partial charge in [-0.25, -0.2) is 0 Å². The average molecular weight is 105 g/mol. The van der Waals surface area contributed by atoms with Crippen LogP contribution in [0.2, 0.25) is 0 Å². The van der Waals surface area contributed by atoms with Gasteiger partial charge in [-0.2, -0.15) is 5.48 Å². The number of carbonyl (C=O) groups excluding carboxylic acids is 1. The molecule has 0 unspecified atom stereocenters. The lowest BCUT2D eigenvalue weighted by atomic mass is 10.7. The summed E-state index contributed by atoms with van der Waals surface area (Å²) >= 11 is 0. The quantitative estimate of drug-likeness (QED) is 0.354. The Morgan fingerprint density at radius 1 is 2.00 bits per heavy atom. The van der Waals surface area contributed by atoms with Crippen molar-refractivity contribution in [3.05, 3.63) is 0 Å². The van der Waals surface area contributed by atoms with Crippen molar-refractivity contribution in [1.29, 1.82) is 0 Å². The summed E-state index contributed by atoms with van der Waals surface area (Å²) in [6, 6.07) is 0. The van der Waals surface area contributed by atoms with Crippen LogP contribution >= 0.6 is 0 Å². The van der Waals surface area contributed by atoms with E-state index in [0.29, 0.717) is 0 Å². The van der Waals surface area contributed by atoms with E-state index in [-0.39, 0.29) is 6.54 Å². The predicted molar refractivity (Wildman–Crippen MR) is 21.8 cm³/mol. The zero-order valence-corrected chi connectivity index (χ0v) is 3.97. The second-order valence-electron chi connectivity index (χ2n) is 0.911. The van der Waals surface area contributed by atoms with Gasteiger partial charge in [-0.3, -0.25) is 4.79 Å². The second-order valence-corrected chi connectivity index (χ2v) is 0.911. The van der Waals surface area contributed by atoms with Crippen LogP contribution in [0.1, 0.15) is 0 Å². The summed E-state index contributed by atoms with van der Waals surface area (Å²) in [4.78, 5) is 9.97. The Balaban J connectivity index is 3.00. The molecule has 0 bridgehead atoms. The first kappa shape index (κ1) is 6.39. The van der Waals surface area contributed by atoms with Crippen molar-refractivity contribution in [3.8, 4) is 0 Å². The minimum absolute atomic E-state index is 0.156. The molecule has 0 aliphatic heterocycles. The molecule has 0 saturated carbocycles. The van der Waals surface area contributed by atoms with Gasteiger partial charge in [-0.1, -0.05) is 0 Å². The molecule has 42 valence electrons. The number of hydroxylamine groups is 1. The van der Waals surface area contributed by atoms with Crippen molar-refractivity contribution in [2.75, 3.05) is 13.7 Å². The molecule has 4 heteroatoms. The first-order valence-corrected chi connectivity index (χ1v) is 1.75. The first-order chi connectivity index (χ1) is 3.31. The van der Waals surface area contributed by atoms with Crippen LogP contribution in [0.4, 0.5) is 0 Å². The molecule has 0 amide bonds. The predicted octanol–water partition coefficient (Wildman–Crippen LogP) is -0.862. The Morgan fingerprint density at radius 3 is 2.71 bits per heavy atom. The van der Waals surface area contributed by atoms with Crippen LogP contribution in [0, 0.1) is 0 Å². The van der Waals surface area contributed by atoms with Gasteiger partial charge in [-0.15, -0.1) is 0 Å². The summed E-state index contributed by atoms with van der Waals surface area (Å²) in [5, 5.41) is 7.82. The van der Waals surface area contributed by atoms with Gasteiger partial charge in [0.05, 0.1) is 7.11 Å². The summed E-state index contributed by atoms with van der Waals surface area (Å²) in [6.45, 7) is -0.156. The fourth-order valence-corrected chi connectivity index (χ4v) is 0.137. The van der Waals surface area contributed by atoms with Gasteiger partial charge >= 0.3 is 5.97 Å². The van der Waals surface area contributed by atoms with Gasteiger partial charge in [0.15, 0.2) is 0 Å². The van der Waals surface area contributed by atoms with Crippen LogP contribution in [0.3, 0.4) is 0 Å². The topological polar surface area (TPSA) is 58.6 Å². The first-order valence-electron chi connectivity index (χ1n) is 1.75. The molecule has 0 spiro atoms. The van der Waals surface area contributed by atoms with E-state index in [9.17, 15) is 4.79 Å². The van der Waals surface area contributed by atoms with Crippen molar-refractivity contribution in [2.24, 2.45) is 0 Å². The number of esters is 1. The number of rotatable bonds is 2. The molecule has 0 atom stereocenters. The van der Waals surface area contributed by atoms with Gasteiger partial charge in [0.2, 0.25) is 0 Å². The molecule has 4 nitrogen and oxygen atoms in total. The highest BCUT2D eigenvalue weighted by Gasteiger charge is 1.93. The molecule has 0 aliphatic rings. The van der Waals surface area contributed by atoms with Gasteiger partial charge < -0.3 is 9.94 Å². The Bertz CT molecular complexity index is 63.2. The fraction of sp³-hybridized carbons (Fsp3) is 0.667. The summed E-state index contributed by atoms with van der Waals surface area (Å²) in [5.41, 5.74) is 1.64.